The number of rotatable bonds is 4. The molecule has 1 aromatic rings. The van der Waals surface area contributed by atoms with Gasteiger partial charge in [-0.15, -0.1) is 0 Å². The zero-order chi connectivity index (χ0) is 11.4. The van der Waals surface area contributed by atoms with Crippen molar-refractivity contribution in [3.8, 4) is 0 Å². The second-order valence-corrected chi connectivity index (χ2v) is 3.97. The van der Waals surface area contributed by atoms with E-state index in [0.717, 1.165) is 24.2 Å². The average molecular weight is 225 g/mol. The average Bonchev–Trinajstić information content (AvgIpc) is 2.78. The molecule has 1 saturated heterocycles. The second kappa shape index (κ2) is 5.39. The lowest BCUT2D eigenvalue weighted by Crippen LogP contribution is -2.12. The van der Waals surface area contributed by atoms with Gasteiger partial charge in [-0.1, -0.05) is 6.07 Å². The molecule has 0 aliphatic carbocycles. The molecule has 0 amide bonds. The molecule has 0 bridgehead atoms. The zero-order valence-corrected chi connectivity index (χ0v) is 9.12. The third-order valence-corrected chi connectivity index (χ3v) is 2.63. The molecule has 0 aromatic heterocycles. The Morgan fingerprint density at radius 3 is 2.88 bits per heavy atom. The maximum Gasteiger partial charge on any atom is 0.123 e. The summed E-state index contributed by atoms with van der Waals surface area (Å²) in [6, 6.07) is 4.80. The van der Waals surface area contributed by atoms with E-state index < -0.39 is 0 Å². The third-order valence-electron chi connectivity index (χ3n) is 2.63. The van der Waals surface area contributed by atoms with Gasteiger partial charge in [-0.2, -0.15) is 0 Å². The molecule has 1 unspecified atom stereocenters. The fourth-order valence-corrected chi connectivity index (χ4v) is 1.78. The van der Waals surface area contributed by atoms with Crippen LogP contribution in [0.15, 0.2) is 18.2 Å². The number of nitrogens with two attached hydrogens (primary N) is 1. The predicted octanol–water partition coefficient (Wildman–Crippen LogP) is 1.59. The van der Waals surface area contributed by atoms with Gasteiger partial charge in [-0.05, 0) is 29.7 Å². The van der Waals surface area contributed by atoms with Crippen molar-refractivity contribution in [2.24, 2.45) is 5.73 Å². The molecule has 1 aliphatic rings. The van der Waals surface area contributed by atoms with Crippen molar-refractivity contribution in [2.45, 2.75) is 25.7 Å². The fourth-order valence-electron chi connectivity index (χ4n) is 1.78. The van der Waals surface area contributed by atoms with E-state index in [1.807, 2.05) is 6.07 Å². The van der Waals surface area contributed by atoms with Gasteiger partial charge in [-0.3, -0.25) is 0 Å². The molecular formula is C12H16FNO2. The number of hydrogen-bond acceptors (Lipinski definition) is 3. The van der Waals surface area contributed by atoms with E-state index in [-0.39, 0.29) is 11.9 Å². The van der Waals surface area contributed by atoms with E-state index in [1.165, 1.54) is 12.1 Å². The van der Waals surface area contributed by atoms with E-state index in [1.54, 1.807) is 0 Å². The molecule has 3 nitrogen and oxygen atoms in total. The molecule has 1 fully saturated rings. The SMILES string of the molecule is NCc1cc(F)cc(COC2CCOC2)c1. The highest BCUT2D eigenvalue weighted by Crippen LogP contribution is 2.14. The van der Waals surface area contributed by atoms with Crippen LogP contribution in [-0.4, -0.2) is 19.3 Å². The first-order chi connectivity index (χ1) is 7.78. The van der Waals surface area contributed by atoms with Gasteiger partial charge in [0.15, 0.2) is 0 Å². The topological polar surface area (TPSA) is 44.5 Å². The van der Waals surface area contributed by atoms with Gasteiger partial charge in [-0.25, -0.2) is 4.39 Å². The summed E-state index contributed by atoms with van der Waals surface area (Å²) in [7, 11) is 0. The largest absolute Gasteiger partial charge is 0.379 e. The van der Waals surface area contributed by atoms with Gasteiger partial charge < -0.3 is 15.2 Å². The Balaban J connectivity index is 1.94. The summed E-state index contributed by atoms with van der Waals surface area (Å²) in [5.41, 5.74) is 7.10. The van der Waals surface area contributed by atoms with Crippen LogP contribution in [0.25, 0.3) is 0 Å². The molecule has 0 radical (unpaired) electrons. The molecule has 1 heterocycles. The molecule has 2 rings (SSSR count). The lowest BCUT2D eigenvalue weighted by atomic mass is 10.1. The van der Waals surface area contributed by atoms with Crippen molar-refractivity contribution in [1.82, 2.24) is 0 Å². The molecular weight excluding hydrogens is 209 g/mol. The normalized spacial score (nSPS) is 20.2. The highest BCUT2D eigenvalue weighted by atomic mass is 19.1. The first kappa shape index (κ1) is 11.5. The lowest BCUT2D eigenvalue weighted by molar-refractivity contribution is 0.0316. The Morgan fingerprint density at radius 2 is 2.19 bits per heavy atom. The number of halogens is 1. The minimum absolute atomic E-state index is 0.143. The number of benzene rings is 1. The van der Waals surface area contributed by atoms with Crippen LogP contribution in [0, 0.1) is 5.82 Å². The molecule has 88 valence electrons. The summed E-state index contributed by atoms with van der Waals surface area (Å²) in [5, 5.41) is 0. The van der Waals surface area contributed by atoms with Crippen LogP contribution in [0.2, 0.25) is 0 Å². The van der Waals surface area contributed by atoms with Crippen LogP contribution in [0.1, 0.15) is 17.5 Å². The van der Waals surface area contributed by atoms with E-state index in [4.69, 9.17) is 15.2 Å². The van der Waals surface area contributed by atoms with Crippen LogP contribution >= 0.6 is 0 Å². The molecule has 4 heteroatoms. The lowest BCUT2D eigenvalue weighted by Gasteiger charge is -2.10. The third kappa shape index (κ3) is 3.01. The van der Waals surface area contributed by atoms with E-state index in [9.17, 15) is 4.39 Å². The Hall–Kier alpha value is -0.970. The fraction of sp³-hybridized carbons (Fsp3) is 0.500. The van der Waals surface area contributed by atoms with Gasteiger partial charge in [0.05, 0.1) is 19.3 Å². The Bertz CT molecular complexity index is 351. The van der Waals surface area contributed by atoms with Gasteiger partial charge in [0.1, 0.15) is 5.82 Å². The molecule has 1 aliphatic heterocycles. The predicted molar refractivity (Wildman–Crippen MR) is 58.3 cm³/mol. The van der Waals surface area contributed by atoms with Gasteiger partial charge in [0.2, 0.25) is 0 Å². The molecule has 2 N–H and O–H groups in total. The second-order valence-electron chi connectivity index (χ2n) is 3.97. The van der Waals surface area contributed by atoms with Crippen molar-refractivity contribution in [2.75, 3.05) is 13.2 Å². The highest BCUT2D eigenvalue weighted by Gasteiger charge is 2.15. The summed E-state index contributed by atoms with van der Waals surface area (Å²) in [5.74, 6) is -0.260. The standard InChI is InChI=1S/C12H16FNO2/c13-11-4-9(6-14)3-10(5-11)7-16-12-1-2-15-8-12/h3-5,12H,1-2,6-8,14H2. The van der Waals surface area contributed by atoms with Gasteiger partial charge in [0.25, 0.3) is 0 Å². The van der Waals surface area contributed by atoms with Crippen molar-refractivity contribution in [3.63, 3.8) is 0 Å². The van der Waals surface area contributed by atoms with E-state index in [2.05, 4.69) is 0 Å². The maximum atomic E-state index is 13.2. The summed E-state index contributed by atoms with van der Waals surface area (Å²) >= 11 is 0. The van der Waals surface area contributed by atoms with Crippen molar-refractivity contribution in [1.29, 1.82) is 0 Å². The smallest absolute Gasteiger partial charge is 0.123 e. The molecule has 0 spiro atoms. The van der Waals surface area contributed by atoms with Crippen LogP contribution < -0.4 is 5.73 Å². The van der Waals surface area contributed by atoms with Crippen LogP contribution in [-0.2, 0) is 22.6 Å². The highest BCUT2D eigenvalue weighted by molar-refractivity contribution is 5.24. The minimum atomic E-state index is -0.260. The first-order valence-electron chi connectivity index (χ1n) is 5.45. The van der Waals surface area contributed by atoms with Crippen LogP contribution in [0.4, 0.5) is 4.39 Å². The van der Waals surface area contributed by atoms with Crippen LogP contribution in [0.5, 0.6) is 0 Å². The van der Waals surface area contributed by atoms with Gasteiger partial charge >= 0.3 is 0 Å². The number of hydrogen-bond donors (Lipinski definition) is 1. The maximum absolute atomic E-state index is 13.2. The molecule has 1 atom stereocenters. The number of ether oxygens (including phenoxy) is 2. The van der Waals surface area contributed by atoms with Gasteiger partial charge in [0, 0.05) is 13.2 Å². The summed E-state index contributed by atoms with van der Waals surface area (Å²) in [6.45, 7) is 2.15. The Labute approximate surface area is 94.3 Å². The van der Waals surface area contributed by atoms with Crippen LogP contribution in [0.3, 0.4) is 0 Å². The quantitative estimate of drug-likeness (QED) is 0.846. The minimum Gasteiger partial charge on any atom is -0.379 e. The first-order valence-corrected chi connectivity index (χ1v) is 5.45. The van der Waals surface area contributed by atoms with E-state index in [0.29, 0.717) is 19.8 Å². The van der Waals surface area contributed by atoms with E-state index >= 15 is 0 Å². The Morgan fingerprint density at radius 1 is 1.38 bits per heavy atom. The molecule has 0 saturated carbocycles. The van der Waals surface area contributed by atoms with Crippen molar-refractivity contribution >= 4 is 0 Å². The summed E-state index contributed by atoms with van der Waals surface area (Å²) in [6.07, 6.45) is 1.06. The molecule has 16 heavy (non-hydrogen) atoms. The van der Waals surface area contributed by atoms with Crippen molar-refractivity contribution in [3.05, 3.63) is 35.1 Å². The summed E-state index contributed by atoms with van der Waals surface area (Å²) in [4.78, 5) is 0. The zero-order valence-electron chi connectivity index (χ0n) is 9.12. The summed E-state index contributed by atoms with van der Waals surface area (Å²) < 4.78 is 24.0. The van der Waals surface area contributed by atoms with Crippen molar-refractivity contribution < 1.29 is 13.9 Å². The molecule has 1 aromatic carbocycles. The Kier molecular flexibility index (Phi) is 3.88. The monoisotopic (exact) mass is 225 g/mol.